The van der Waals surface area contributed by atoms with Crippen LogP contribution >= 0.6 is 0 Å². The quantitative estimate of drug-likeness (QED) is 0.796. The summed E-state index contributed by atoms with van der Waals surface area (Å²) in [5.74, 6) is 0.994. The Morgan fingerprint density at radius 2 is 1.75 bits per heavy atom. The van der Waals surface area contributed by atoms with E-state index in [2.05, 4.69) is 26.1 Å². The summed E-state index contributed by atoms with van der Waals surface area (Å²) in [6.45, 7) is 9.25. The maximum atomic E-state index is 6.04. The van der Waals surface area contributed by atoms with Crippen LogP contribution in [0, 0.1) is 16.7 Å². The molecule has 0 aliphatic heterocycles. The van der Waals surface area contributed by atoms with Crippen LogP contribution in [0.4, 0.5) is 0 Å². The Bertz CT molecular complexity index is 294. The Hall–Kier alpha value is -0.0800. The predicted octanol–water partition coefficient (Wildman–Crippen LogP) is 4.09. The zero-order valence-electron chi connectivity index (χ0n) is 14.0. The van der Waals surface area contributed by atoms with E-state index in [1.54, 1.807) is 0 Å². The molecule has 2 atom stereocenters. The number of hydrogen-bond acceptors (Lipinski definition) is 2. The van der Waals surface area contributed by atoms with Gasteiger partial charge in [-0.1, -0.05) is 52.9 Å². The molecule has 0 aromatic rings. The zero-order chi connectivity index (χ0) is 14.6. The molecule has 0 spiro atoms. The van der Waals surface area contributed by atoms with Crippen molar-refractivity contribution >= 4 is 0 Å². The summed E-state index contributed by atoms with van der Waals surface area (Å²) in [5, 5.41) is 3.86. The SMILES string of the molecule is CC1(C)CC(NCCC2CCCCC2)CC(C)(CN)C1. The van der Waals surface area contributed by atoms with Crippen molar-refractivity contribution in [2.75, 3.05) is 13.1 Å². The van der Waals surface area contributed by atoms with E-state index in [1.807, 2.05) is 0 Å². The van der Waals surface area contributed by atoms with Crippen molar-refractivity contribution in [3.63, 3.8) is 0 Å². The highest BCUT2D eigenvalue weighted by Crippen LogP contribution is 2.45. The molecule has 2 nitrogen and oxygen atoms in total. The Labute approximate surface area is 126 Å². The number of hydrogen-bond donors (Lipinski definition) is 2. The molecule has 0 bridgehead atoms. The second-order valence-corrected chi connectivity index (χ2v) is 8.71. The fraction of sp³-hybridized carbons (Fsp3) is 1.00. The number of nitrogens with two attached hydrogens (primary N) is 1. The molecule has 3 N–H and O–H groups in total. The molecule has 0 saturated heterocycles. The summed E-state index contributed by atoms with van der Waals surface area (Å²) in [5.41, 5.74) is 6.82. The van der Waals surface area contributed by atoms with E-state index in [-0.39, 0.29) is 0 Å². The maximum absolute atomic E-state index is 6.04. The lowest BCUT2D eigenvalue weighted by Gasteiger charge is -2.46. The largest absolute Gasteiger partial charge is 0.330 e. The highest BCUT2D eigenvalue weighted by Gasteiger charge is 2.40. The summed E-state index contributed by atoms with van der Waals surface area (Å²) >= 11 is 0. The first-order valence-corrected chi connectivity index (χ1v) is 8.86. The van der Waals surface area contributed by atoms with E-state index in [1.165, 1.54) is 64.3 Å². The second-order valence-electron chi connectivity index (χ2n) is 8.71. The smallest absolute Gasteiger partial charge is 0.00778 e. The summed E-state index contributed by atoms with van der Waals surface area (Å²) in [7, 11) is 0. The lowest BCUT2D eigenvalue weighted by atomic mass is 9.62. The van der Waals surface area contributed by atoms with Crippen LogP contribution in [-0.4, -0.2) is 19.1 Å². The lowest BCUT2D eigenvalue weighted by Crippen LogP contribution is -2.48. The molecule has 2 heteroatoms. The van der Waals surface area contributed by atoms with Gasteiger partial charge in [0, 0.05) is 6.04 Å². The van der Waals surface area contributed by atoms with Gasteiger partial charge in [-0.05, 0) is 55.5 Å². The molecule has 2 rings (SSSR count). The zero-order valence-corrected chi connectivity index (χ0v) is 14.0. The van der Waals surface area contributed by atoms with E-state index in [0.29, 0.717) is 16.9 Å². The molecule has 118 valence electrons. The minimum absolute atomic E-state index is 0.338. The van der Waals surface area contributed by atoms with Crippen LogP contribution in [0.2, 0.25) is 0 Å². The molecule has 0 aromatic heterocycles. The minimum Gasteiger partial charge on any atom is -0.330 e. The van der Waals surface area contributed by atoms with Crippen LogP contribution < -0.4 is 11.1 Å². The van der Waals surface area contributed by atoms with Gasteiger partial charge in [-0.2, -0.15) is 0 Å². The second kappa shape index (κ2) is 6.79. The van der Waals surface area contributed by atoms with Gasteiger partial charge in [0.05, 0.1) is 0 Å². The highest BCUT2D eigenvalue weighted by atomic mass is 14.9. The molecule has 0 radical (unpaired) electrons. The summed E-state index contributed by atoms with van der Waals surface area (Å²) in [6, 6.07) is 0.677. The molecule has 20 heavy (non-hydrogen) atoms. The van der Waals surface area contributed by atoms with Gasteiger partial charge in [-0.3, -0.25) is 0 Å². The van der Waals surface area contributed by atoms with Gasteiger partial charge in [0.15, 0.2) is 0 Å². The van der Waals surface area contributed by atoms with Gasteiger partial charge in [-0.15, -0.1) is 0 Å². The minimum atomic E-state index is 0.338. The third-order valence-corrected chi connectivity index (χ3v) is 5.65. The Morgan fingerprint density at radius 1 is 1.05 bits per heavy atom. The first kappa shape index (κ1) is 16.3. The fourth-order valence-electron chi connectivity index (χ4n) is 4.90. The van der Waals surface area contributed by atoms with E-state index >= 15 is 0 Å². The first-order chi connectivity index (χ1) is 9.42. The maximum Gasteiger partial charge on any atom is 0.00778 e. The lowest BCUT2D eigenvalue weighted by molar-refractivity contribution is 0.0765. The van der Waals surface area contributed by atoms with Crippen molar-refractivity contribution in [2.45, 2.75) is 84.6 Å². The average Bonchev–Trinajstić information content (AvgIpc) is 2.38. The van der Waals surface area contributed by atoms with Gasteiger partial charge in [0.25, 0.3) is 0 Å². The van der Waals surface area contributed by atoms with Crippen LogP contribution in [0.5, 0.6) is 0 Å². The van der Waals surface area contributed by atoms with E-state index in [4.69, 9.17) is 5.73 Å². The number of rotatable bonds is 5. The van der Waals surface area contributed by atoms with Crippen molar-refractivity contribution < 1.29 is 0 Å². The Kier molecular flexibility index (Phi) is 5.53. The molecule has 2 aliphatic carbocycles. The molecule has 2 aliphatic rings. The topological polar surface area (TPSA) is 38.0 Å². The van der Waals surface area contributed by atoms with E-state index in [0.717, 1.165) is 12.5 Å². The first-order valence-electron chi connectivity index (χ1n) is 8.86. The number of nitrogens with one attached hydrogen (secondary N) is 1. The summed E-state index contributed by atoms with van der Waals surface area (Å²) < 4.78 is 0. The van der Waals surface area contributed by atoms with Crippen molar-refractivity contribution in [3.05, 3.63) is 0 Å². The van der Waals surface area contributed by atoms with Crippen LogP contribution in [0.3, 0.4) is 0 Å². The highest BCUT2D eigenvalue weighted by molar-refractivity contribution is 4.94. The van der Waals surface area contributed by atoms with Crippen molar-refractivity contribution in [2.24, 2.45) is 22.5 Å². The molecule has 0 heterocycles. The molecular formula is C18H36N2. The van der Waals surface area contributed by atoms with E-state index in [9.17, 15) is 0 Å². The standard InChI is InChI=1S/C18H36N2/c1-17(2)11-16(12-18(3,13-17)14-19)20-10-9-15-7-5-4-6-8-15/h15-16,20H,4-14,19H2,1-3H3. The van der Waals surface area contributed by atoms with Crippen molar-refractivity contribution in [1.82, 2.24) is 5.32 Å². The van der Waals surface area contributed by atoms with E-state index < -0.39 is 0 Å². The normalized spacial score (nSPS) is 35.1. The molecule has 2 saturated carbocycles. The van der Waals surface area contributed by atoms with Gasteiger partial charge < -0.3 is 11.1 Å². The third kappa shape index (κ3) is 4.73. The fourth-order valence-corrected chi connectivity index (χ4v) is 4.90. The monoisotopic (exact) mass is 280 g/mol. The molecule has 2 fully saturated rings. The van der Waals surface area contributed by atoms with Crippen LogP contribution in [0.1, 0.15) is 78.6 Å². The molecule has 0 aromatic carbocycles. The molecule has 0 amide bonds. The molecular weight excluding hydrogens is 244 g/mol. The Balaban J connectivity index is 1.76. The van der Waals surface area contributed by atoms with Gasteiger partial charge in [-0.25, -0.2) is 0 Å². The van der Waals surface area contributed by atoms with Crippen molar-refractivity contribution in [3.8, 4) is 0 Å². The molecule has 2 unspecified atom stereocenters. The summed E-state index contributed by atoms with van der Waals surface area (Å²) in [6.07, 6.45) is 12.6. The summed E-state index contributed by atoms with van der Waals surface area (Å²) in [4.78, 5) is 0. The van der Waals surface area contributed by atoms with Crippen LogP contribution in [0.15, 0.2) is 0 Å². The third-order valence-electron chi connectivity index (χ3n) is 5.65. The van der Waals surface area contributed by atoms with Gasteiger partial charge in [0.2, 0.25) is 0 Å². The van der Waals surface area contributed by atoms with Crippen LogP contribution in [0.25, 0.3) is 0 Å². The van der Waals surface area contributed by atoms with Crippen LogP contribution in [-0.2, 0) is 0 Å². The predicted molar refractivity (Wildman–Crippen MR) is 87.8 cm³/mol. The van der Waals surface area contributed by atoms with Gasteiger partial charge in [0.1, 0.15) is 0 Å². The van der Waals surface area contributed by atoms with Gasteiger partial charge >= 0.3 is 0 Å². The Morgan fingerprint density at radius 3 is 2.40 bits per heavy atom. The average molecular weight is 280 g/mol. The van der Waals surface area contributed by atoms with Crippen molar-refractivity contribution in [1.29, 1.82) is 0 Å².